The molecule has 7 heteroatoms. The molecule has 1 amide bonds. The van der Waals surface area contributed by atoms with Crippen LogP contribution in [0.15, 0.2) is 27.4 Å². The lowest BCUT2D eigenvalue weighted by Crippen LogP contribution is -2.27. The number of amides is 1. The van der Waals surface area contributed by atoms with Crippen LogP contribution < -0.4 is 11.1 Å². The molecule has 6 nitrogen and oxygen atoms in total. The first-order valence-electron chi connectivity index (χ1n) is 6.66. The first kappa shape index (κ1) is 15.6. The second-order valence-electron chi connectivity index (χ2n) is 4.58. The van der Waals surface area contributed by atoms with Gasteiger partial charge in [0.2, 0.25) is 5.91 Å². The average Bonchev–Trinajstić information content (AvgIpc) is 2.76. The third kappa shape index (κ3) is 4.09. The van der Waals surface area contributed by atoms with Crippen molar-refractivity contribution < 1.29 is 13.9 Å². The zero-order chi connectivity index (χ0) is 15.2. The Labute approximate surface area is 126 Å². The quantitative estimate of drug-likeness (QED) is 0.791. The van der Waals surface area contributed by atoms with Crippen LogP contribution in [0.3, 0.4) is 0 Å². The van der Waals surface area contributed by atoms with Gasteiger partial charge in [0, 0.05) is 44.3 Å². The highest BCUT2D eigenvalue weighted by Crippen LogP contribution is 2.18. The fourth-order valence-electron chi connectivity index (χ4n) is 2.00. The molecule has 0 bridgehead atoms. The number of aromatic nitrogens is 1. The molecule has 21 heavy (non-hydrogen) atoms. The van der Waals surface area contributed by atoms with Crippen molar-refractivity contribution in [1.29, 1.82) is 0 Å². The van der Waals surface area contributed by atoms with Crippen molar-refractivity contribution >= 4 is 28.6 Å². The number of hydrogen-bond acceptors (Lipinski definition) is 4. The molecule has 0 spiro atoms. The third-order valence-corrected chi connectivity index (χ3v) is 3.28. The smallest absolute Gasteiger partial charge is 0.408 e. The predicted octanol–water partition coefficient (Wildman–Crippen LogP) is 1.79. The summed E-state index contributed by atoms with van der Waals surface area (Å²) >= 11 is 5.85. The van der Waals surface area contributed by atoms with Crippen LogP contribution in [-0.2, 0) is 16.1 Å². The average molecular weight is 313 g/mol. The summed E-state index contributed by atoms with van der Waals surface area (Å²) in [5.41, 5.74) is 1.06. The molecule has 0 aliphatic carbocycles. The van der Waals surface area contributed by atoms with Crippen LogP contribution in [0.1, 0.15) is 12.8 Å². The number of nitrogens with zero attached hydrogens (tertiary/aromatic N) is 1. The predicted molar refractivity (Wildman–Crippen MR) is 79.6 cm³/mol. The Kier molecular flexibility index (Phi) is 5.41. The normalized spacial score (nSPS) is 11.0. The van der Waals surface area contributed by atoms with Gasteiger partial charge < -0.3 is 14.5 Å². The van der Waals surface area contributed by atoms with Gasteiger partial charge in [-0.2, -0.15) is 0 Å². The van der Waals surface area contributed by atoms with E-state index in [0.717, 1.165) is 6.42 Å². The maximum absolute atomic E-state index is 11.8. The molecular weight excluding hydrogens is 296 g/mol. The molecular formula is C14H17ClN2O4. The van der Waals surface area contributed by atoms with Crippen LogP contribution in [0.25, 0.3) is 11.1 Å². The zero-order valence-electron chi connectivity index (χ0n) is 11.7. The van der Waals surface area contributed by atoms with Crippen molar-refractivity contribution in [3.63, 3.8) is 0 Å². The summed E-state index contributed by atoms with van der Waals surface area (Å²) in [6, 6.07) is 4.97. The number of halogens is 1. The SMILES string of the molecule is COCCCNC(=O)CCn1c(=O)oc2cc(Cl)ccc21. The number of aryl methyl sites for hydroxylation is 1. The Morgan fingerprint density at radius 2 is 2.29 bits per heavy atom. The van der Waals surface area contributed by atoms with Crippen LogP contribution in [-0.4, -0.2) is 30.7 Å². The van der Waals surface area contributed by atoms with Gasteiger partial charge in [-0.25, -0.2) is 4.79 Å². The highest BCUT2D eigenvalue weighted by atomic mass is 35.5. The lowest BCUT2D eigenvalue weighted by atomic mass is 10.3. The minimum absolute atomic E-state index is 0.110. The summed E-state index contributed by atoms with van der Waals surface area (Å²) in [5.74, 6) is -0.597. The number of carbonyl (C=O) groups excluding carboxylic acids is 1. The fraction of sp³-hybridized carbons (Fsp3) is 0.429. The molecule has 2 aromatic rings. The number of rotatable bonds is 7. The van der Waals surface area contributed by atoms with Gasteiger partial charge in [-0.05, 0) is 18.6 Å². The van der Waals surface area contributed by atoms with Gasteiger partial charge in [-0.1, -0.05) is 11.6 Å². The monoisotopic (exact) mass is 312 g/mol. The topological polar surface area (TPSA) is 73.5 Å². The molecule has 1 N–H and O–H groups in total. The van der Waals surface area contributed by atoms with Crippen LogP contribution in [0.2, 0.25) is 5.02 Å². The number of oxazole rings is 1. The maximum Gasteiger partial charge on any atom is 0.419 e. The van der Waals surface area contributed by atoms with Gasteiger partial charge in [-0.3, -0.25) is 9.36 Å². The summed E-state index contributed by atoms with van der Waals surface area (Å²) in [4.78, 5) is 23.5. The first-order chi connectivity index (χ1) is 10.1. The van der Waals surface area contributed by atoms with Gasteiger partial charge in [0.1, 0.15) is 0 Å². The van der Waals surface area contributed by atoms with Crippen LogP contribution in [0, 0.1) is 0 Å². The minimum Gasteiger partial charge on any atom is -0.408 e. The molecule has 0 aliphatic heterocycles. The molecule has 1 aromatic heterocycles. The van der Waals surface area contributed by atoms with Crippen molar-refractivity contribution in [2.45, 2.75) is 19.4 Å². The van der Waals surface area contributed by atoms with E-state index in [9.17, 15) is 9.59 Å². The minimum atomic E-state index is -0.487. The van der Waals surface area contributed by atoms with E-state index in [4.69, 9.17) is 20.8 Å². The second-order valence-corrected chi connectivity index (χ2v) is 5.01. The van der Waals surface area contributed by atoms with Gasteiger partial charge in [0.15, 0.2) is 5.58 Å². The van der Waals surface area contributed by atoms with Crippen molar-refractivity contribution in [1.82, 2.24) is 9.88 Å². The molecule has 1 heterocycles. The van der Waals surface area contributed by atoms with Crippen LogP contribution in [0.4, 0.5) is 0 Å². The number of ether oxygens (including phenoxy) is 1. The van der Waals surface area contributed by atoms with E-state index in [2.05, 4.69) is 5.32 Å². The maximum atomic E-state index is 11.8. The van der Waals surface area contributed by atoms with Gasteiger partial charge >= 0.3 is 5.76 Å². The number of nitrogens with one attached hydrogen (secondary N) is 1. The highest BCUT2D eigenvalue weighted by molar-refractivity contribution is 6.31. The molecule has 1 aromatic carbocycles. The standard InChI is InChI=1S/C14H17ClN2O4/c1-20-8-2-6-16-13(18)5-7-17-11-4-3-10(15)9-12(11)21-14(17)19/h3-4,9H,2,5-8H2,1H3,(H,16,18). The van der Waals surface area contributed by atoms with E-state index >= 15 is 0 Å². The van der Waals surface area contributed by atoms with E-state index in [1.807, 2.05) is 0 Å². The lowest BCUT2D eigenvalue weighted by Gasteiger charge is -2.05. The molecule has 114 valence electrons. The largest absolute Gasteiger partial charge is 0.419 e. The van der Waals surface area contributed by atoms with Crippen LogP contribution in [0.5, 0.6) is 0 Å². The summed E-state index contributed by atoms with van der Waals surface area (Å²) in [7, 11) is 1.62. The summed E-state index contributed by atoms with van der Waals surface area (Å²) in [6.07, 6.45) is 0.972. The Morgan fingerprint density at radius 3 is 3.05 bits per heavy atom. The Balaban J connectivity index is 1.96. The summed E-state index contributed by atoms with van der Waals surface area (Å²) in [6.45, 7) is 1.43. The summed E-state index contributed by atoms with van der Waals surface area (Å²) < 4.78 is 11.4. The second kappa shape index (κ2) is 7.28. The summed E-state index contributed by atoms with van der Waals surface area (Å²) in [5, 5.41) is 3.27. The number of fused-ring (bicyclic) bond motifs is 1. The van der Waals surface area contributed by atoms with E-state index < -0.39 is 5.76 Å². The molecule has 0 fully saturated rings. The fourth-order valence-corrected chi connectivity index (χ4v) is 2.16. The highest BCUT2D eigenvalue weighted by Gasteiger charge is 2.11. The molecule has 2 rings (SSSR count). The zero-order valence-corrected chi connectivity index (χ0v) is 12.5. The molecule has 0 aliphatic rings. The van der Waals surface area contributed by atoms with E-state index in [-0.39, 0.29) is 18.9 Å². The van der Waals surface area contributed by atoms with Gasteiger partial charge in [0.25, 0.3) is 0 Å². The van der Waals surface area contributed by atoms with Crippen molar-refractivity contribution in [2.75, 3.05) is 20.3 Å². The van der Waals surface area contributed by atoms with Crippen molar-refractivity contribution in [3.05, 3.63) is 33.8 Å². The van der Waals surface area contributed by atoms with E-state index in [0.29, 0.717) is 29.3 Å². The Bertz CT molecular complexity index is 677. The van der Waals surface area contributed by atoms with Gasteiger partial charge in [0.05, 0.1) is 5.52 Å². The molecule has 0 atom stereocenters. The Morgan fingerprint density at radius 1 is 1.48 bits per heavy atom. The molecule has 0 saturated heterocycles. The molecule has 0 saturated carbocycles. The van der Waals surface area contributed by atoms with Crippen LogP contribution >= 0.6 is 11.6 Å². The Hall–Kier alpha value is -1.79. The number of hydrogen-bond donors (Lipinski definition) is 1. The van der Waals surface area contributed by atoms with E-state index in [1.165, 1.54) is 4.57 Å². The van der Waals surface area contributed by atoms with E-state index in [1.54, 1.807) is 25.3 Å². The number of methoxy groups -OCH3 is 1. The van der Waals surface area contributed by atoms with Crippen molar-refractivity contribution in [2.24, 2.45) is 0 Å². The first-order valence-corrected chi connectivity index (χ1v) is 7.04. The lowest BCUT2D eigenvalue weighted by molar-refractivity contribution is -0.121. The molecule has 0 unspecified atom stereocenters. The van der Waals surface area contributed by atoms with Gasteiger partial charge in [-0.15, -0.1) is 0 Å². The molecule has 0 radical (unpaired) electrons. The third-order valence-electron chi connectivity index (χ3n) is 3.04. The van der Waals surface area contributed by atoms with Crippen molar-refractivity contribution in [3.8, 4) is 0 Å². The number of benzene rings is 1. The number of carbonyl (C=O) groups is 1.